The molecule has 2 unspecified atom stereocenters. The van der Waals surface area contributed by atoms with Gasteiger partial charge in [-0.1, -0.05) is 60.7 Å². The molecule has 2 aromatic carbocycles. The zero-order chi connectivity index (χ0) is 20.9. The van der Waals surface area contributed by atoms with E-state index in [1.54, 1.807) is 0 Å². The minimum atomic E-state index is -1.55. The quantitative estimate of drug-likeness (QED) is 0.773. The highest BCUT2D eigenvalue weighted by Gasteiger charge is 2.59. The van der Waals surface area contributed by atoms with Crippen LogP contribution in [0.3, 0.4) is 0 Å². The second-order valence-corrected chi connectivity index (χ2v) is 7.80. The molecule has 2 aromatic rings. The summed E-state index contributed by atoms with van der Waals surface area (Å²) in [5, 5.41) is 22.4. The van der Waals surface area contributed by atoms with Crippen molar-refractivity contribution < 1.29 is 19.8 Å². The Labute approximate surface area is 171 Å². The normalized spacial score (nSPS) is 24.1. The van der Waals surface area contributed by atoms with E-state index in [2.05, 4.69) is 73.0 Å². The number of benzene rings is 2. The van der Waals surface area contributed by atoms with Gasteiger partial charge in [0, 0.05) is 11.0 Å². The van der Waals surface area contributed by atoms with E-state index in [1.807, 2.05) is 0 Å². The third-order valence-corrected chi connectivity index (χ3v) is 6.33. The zero-order valence-corrected chi connectivity index (χ0v) is 16.5. The van der Waals surface area contributed by atoms with Gasteiger partial charge >= 0.3 is 0 Å². The smallest absolute Gasteiger partial charge is 0.0643 e. The number of carboxylic acids is 2. The maximum Gasteiger partial charge on any atom is 0.0643 e. The van der Waals surface area contributed by atoms with Gasteiger partial charge in [-0.3, -0.25) is 0 Å². The van der Waals surface area contributed by atoms with Gasteiger partial charge in [-0.15, -0.1) is 0 Å². The molecule has 152 valence electrons. The molecule has 2 saturated carbocycles. The lowest BCUT2D eigenvalue weighted by Gasteiger charge is -2.41. The van der Waals surface area contributed by atoms with E-state index in [4.69, 9.17) is 0 Å². The van der Waals surface area contributed by atoms with Gasteiger partial charge in [0.15, 0.2) is 0 Å². The van der Waals surface area contributed by atoms with Gasteiger partial charge in [-0.25, -0.2) is 0 Å². The van der Waals surface area contributed by atoms with Crippen LogP contribution in [0.25, 0.3) is 0 Å². The van der Waals surface area contributed by atoms with Gasteiger partial charge < -0.3 is 25.1 Å². The van der Waals surface area contributed by atoms with Crippen molar-refractivity contribution >= 4 is 11.9 Å². The van der Waals surface area contributed by atoms with Gasteiger partial charge in [0.1, 0.15) is 0 Å². The summed E-state index contributed by atoms with van der Waals surface area (Å²) in [6, 6.07) is 22.3. The average Bonchev–Trinajstić information content (AvgIpc) is 3.48. The lowest BCUT2D eigenvalue weighted by molar-refractivity contribution is -0.301. The first-order chi connectivity index (χ1) is 13.9. The van der Waals surface area contributed by atoms with Crippen LogP contribution in [-0.2, 0) is 15.0 Å². The molecule has 0 saturated heterocycles. The van der Waals surface area contributed by atoms with Crippen LogP contribution in [-0.4, -0.2) is 24.5 Å². The summed E-state index contributed by atoms with van der Waals surface area (Å²) in [5.74, 6) is -2.26. The maximum atomic E-state index is 9.41. The highest BCUT2D eigenvalue weighted by atomic mass is 16.4. The Morgan fingerprint density at radius 3 is 1.72 bits per heavy atom. The van der Waals surface area contributed by atoms with Crippen molar-refractivity contribution in [3.05, 3.63) is 83.9 Å². The summed E-state index contributed by atoms with van der Waals surface area (Å²) in [5.41, 5.74) is 3.65. The fraction of sp³-hybridized carbons (Fsp3) is 0.333. The van der Waals surface area contributed by atoms with Crippen LogP contribution in [0.2, 0.25) is 0 Å². The number of rotatable bonds is 5. The van der Waals surface area contributed by atoms with Gasteiger partial charge in [0.05, 0.1) is 11.9 Å². The molecule has 5 heteroatoms. The number of aliphatic carboxylic acids is 2. The fourth-order valence-corrected chi connectivity index (χ4v) is 4.69. The minimum Gasteiger partial charge on any atom is -0.545 e. The van der Waals surface area contributed by atoms with E-state index in [1.165, 1.54) is 36.8 Å². The number of hydrogen-bond donors (Lipinski definition) is 1. The molecule has 2 fully saturated rings. The summed E-state index contributed by atoms with van der Waals surface area (Å²) >= 11 is 0. The monoisotopic (exact) mass is 391 g/mol. The second-order valence-electron chi connectivity index (χ2n) is 7.80. The minimum absolute atomic E-state index is 0.212. The number of carboxylic acid groups (broad SMARTS) is 2. The van der Waals surface area contributed by atoms with Crippen molar-refractivity contribution in [3.8, 4) is 0 Å². The van der Waals surface area contributed by atoms with E-state index in [0.717, 1.165) is 5.92 Å². The Bertz CT molecular complexity index is 823. The Kier molecular flexibility index (Phi) is 6.18. The Hall–Kier alpha value is -2.92. The summed E-state index contributed by atoms with van der Waals surface area (Å²) in [7, 11) is 2.14. The van der Waals surface area contributed by atoms with Gasteiger partial charge in [-0.2, -0.15) is 0 Å². The molecule has 0 bridgehead atoms. The highest BCUT2D eigenvalue weighted by molar-refractivity contribution is 5.87. The molecule has 29 heavy (non-hydrogen) atoms. The molecule has 0 aliphatic heterocycles. The molecule has 2 aliphatic carbocycles. The van der Waals surface area contributed by atoms with Crippen LogP contribution < -0.4 is 15.5 Å². The van der Waals surface area contributed by atoms with Crippen molar-refractivity contribution in [3.63, 3.8) is 0 Å². The third-order valence-electron chi connectivity index (χ3n) is 6.33. The van der Waals surface area contributed by atoms with Crippen LogP contribution in [0.1, 0.15) is 36.8 Å². The first-order valence-corrected chi connectivity index (χ1v) is 9.82. The number of nitrogens with one attached hydrogen (secondary N) is 1. The molecule has 5 nitrogen and oxygen atoms in total. The molecule has 2 aliphatic rings. The van der Waals surface area contributed by atoms with Gasteiger partial charge in [0.2, 0.25) is 0 Å². The molecule has 1 N–H and O–H groups in total. The maximum absolute atomic E-state index is 9.41. The lowest BCUT2D eigenvalue weighted by atomic mass is 9.64. The predicted octanol–water partition coefficient (Wildman–Crippen LogP) is 1.18. The van der Waals surface area contributed by atoms with Gasteiger partial charge in [-0.05, 0) is 61.9 Å². The molecule has 0 radical (unpaired) electrons. The summed E-state index contributed by atoms with van der Waals surface area (Å²) in [4.78, 5) is 18.8. The van der Waals surface area contributed by atoms with Gasteiger partial charge in [0.25, 0.3) is 0 Å². The second kappa shape index (κ2) is 8.62. The molecule has 4 rings (SSSR count). The molecule has 0 aromatic heterocycles. The van der Waals surface area contributed by atoms with E-state index in [-0.39, 0.29) is 5.41 Å². The Morgan fingerprint density at radius 2 is 1.34 bits per heavy atom. The first kappa shape index (κ1) is 20.8. The van der Waals surface area contributed by atoms with E-state index in [9.17, 15) is 19.8 Å². The first-order valence-electron chi connectivity index (χ1n) is 9.82. The summed E-state index contributed by atoms with van der Waals surface area (Å²) in [6.45, 7) is 0. The third kappa shape index (κ3) is 4.57. The number of carbonyl (C=O) groups is 2. The average molecular weight is 391 g/mol. The van der Waals surface area contributed by atoms with Crippen molar-refractivity contribution in [2.75, 3.05) is 7.05 Å². The number of hydrogen-bond acceptors (Lipinski definition) is 5. The van der Waals surface area contributed by atoms with Crippen LogP contribution in [0.15, 0.2) is 72.8 Å². The standard InChI is InChI=1S/C20H23N.C4H4O4/c1-21-20-13-12-19(14-18(20)15-20,16-8-4-2-5-9-16)17-10-6-3-7-11-17;5-3(6)1-2-4(7)8/h2-11,18,21H,12-15H2,1H3;1-2H,(H,5,6)(H,7,8)/p-2/b;2-1-. The SMILES string of the molecule is CNC12CCC(c3ccccc3)(c3ccccc3)CC1C2.O=C([O-])/C=C\C(=O)[O-]. The molecule has 0 spiro atoms. The number of carbonyl (C=O) groups excluding carboxylic acids is 2. The van der Waals surface area contributed by atoms with Crippen molar-refractivity contribution in [1.82, 2.24) is 5.32 Å². The number of fused-ring (bicyclic) bond motifs is 1. The van der Waals surface area contributed by atoms with Crippen LogP contribution in [0, 0.1) is 5.92 Å². The molecule has 2 atom stereocenters. The summed E-state index contributed by atoms with van der Waals surface area (Å²) in [6.07, 6.45) is 5.94. The zero-order valence-electron chi connectivity index (χ0n) is 16.5. The highest BCUT2D eigenvalue weighted by Crippen LogP contribution is 2.60. The molecular weight excluding hydrogens is 366 g/mol. The largest absolute Gasteiger partial charge is 0.545 e. The van der Waals surface area contributed by atoms with Crippen LogP contribution in [0.5, 0.6) is 0 Å². The Balaban J connectivity index is 0.000000258. The molecule has 0 amide bonds. The van der Waals surface area contributed by atoms with E-state index < -0.39 is 11.9 Å². The molecular formula is C24H25NO4-2. The van der Waals surface area contributed by atoms with E-state index in [0.29, 0.717) is 17.7 Å². The fourth-order valence-electron chi connectivity index (χ4n) is 4.69. The van der Waals surface area contributed by atoms with Crippen molar-refractivity contribution in [2.24, 2.45) is 5.92 Å². The van der Waals surface area contributed by atoms with Crippen molar-refractivity contribution in [1.29, 1.82) is 0 Å². The van der Waals surface area contributed by atoms with E-state index >= 15 is 0 Å². The summed E-state index contributed by atoms with van der Waals surface area (Å²) < 4.78 is 0. The lowest BCUT2D eigenvalue weighted by Crippen LogP contribution is -2.41. The van der Waals surface area contributed by atoms with Crippen LogP contribution in [0.4, 0.5) is 0 Å². The molecule has 0 heterocycles. The topological polar surface area (TPSA) is 92.3 Å². The van der Waals surface area contributed by atoms with Crippen LogP contribution >= 0.6 is 0 Å². The van der Waals surface area contributed by atoms with Crippen molar-refractivity contribution in [2.45, 2.75) is 36.6 Å². The Morgan fingerprint density at radius 1 is 0.862 bits per heavy atom. The predicted molar refractivity (Wildman–Crippen MR) is 107 cm³/mol.